The summed E-state index contributed by atoms with van der Waals surface area (Å²) >= 11 is 3.48. The Bertz CT molecular complexity index is 430. The maximum atomic E-state index is 12.1. The van der Waals surface area contributed by atoms with Gasteiger partial charge in [-0.3, -0.25) is 4.79 Å². The van der Waals surface area contributed by atoms with Crippen molar-refractivity contribution in [2.45, 2.75) is 51.1 Å². The Morgan fingerprint density at radius 3 is 2.63 bits per heavy atom. The van der Waals surface area contributed by atoms with Gasteiger partial charge in [-0.2, -0.15) is 0 Å². The summed E-state index contributed by atoms with van der Waals surface area (Å²) in [6, 6.07) is 7.99. The average Bonchev–Trinajstić information content (AvgIpc) is 2.42. The van der Waals surface area contributed by atoms with Gasteiger partial charge in [-0.05, 0) is 47.8 Å². The molecule has 1 aromatic rings. The maximum absolute atomic E-state index is 12.1. The van der Waals surface area contributed by atoms with Crippen LogP contribution in [0.3, 0.4) is 0 Å². The van der Waals surface area contributed by atoms with E-state index in [1.54, 1.807) is 0 Å². The predicted molar refractivity (Wildman–Crippen MR) is 82.2 cm³/mol. The van der Waals surface area contributed by atoms with Crippen LogP contribution in [0.2, 0.25) is 0 Å². The smallest absolute Gasteiger partial charge is 0.242 e. The van der Waals surface area contributed by atoms with Crippen LogP contribution in [0, 0.1) is 0 Å². The normalized spacial score (nSPS) is 17.8. The lowest BCUT2D eigenvalue weighted by atomic mass is 9.95. The van der Waals surface area contributed by atoms with Crippen LogP contribution in [0.15, 0.2) is 28.7 Å². The summed E-state index contributed by atoms with van der Waals surface area (Å²) in [5.41, 5.74) is 0.953. The Kier molecular flexibility index (Phi) is 5.25. The Labute approximate surface area is 123 Å². The van der Waals surface area contributed by atoms with Crippen molar-refractivity contribution in [3.8, 4) is 0 Å². The molecule has 104 valence electrons. The van der Waals surface area contributed by atoms with Gasteiger partial charge in [-0.15, -0.1) is 0 Å². The van der Waals surface area contributed by atoms with E-state index in [9.17, 15) is 4.79 Å². The minimum Gasteiger partial charge on any atom is -0.373 e. The van der Waals surface area contributed by atoms with E-state index < -0.39 is 0 Å². The van der Waals surface area contributed by atoms with E-state index in [4.69, 9.17) is 0 Å². The van der Waals surface area contributed by atoms with Gasteiger partial charge in [0, 0.05) is 16.2 Å². The Hall–Kier alpha value is -1.03. The first-order valence-corrected chi connectivity index (χ1v) is 7.77. The molecule has 0 bridgehead atoms. The fraction of sp³-hybridized carbons (Fsp3) is 0.533. The highest BCUT2D eigenvalue weighted by Crippen LogP contribution is 2.22. The molecule has 1 aromatic carbocycles. The standard InChI is InChI=1S/C15H21BrN2O/c1-11(17-14-10-6-5-9-13(14)16)15(19)18-12-7-3-2-4-8-12/h5-6,9-12,17H,2-4,7-8H2,1H3,(H,18,19). The molecule has 4 heteroatoms. The zero-order valence-corrected chi connectivity index (χ0v) is 12.9. The van der Waals surface area contributed by atoms with E-state index in [1.165, 1.54) is 19.3 Å². The van der Waals surface area contributed by atoms with Crippen LogP contribution in [-0.2, 0) is 4.79 Å². The molecular weight excluding hydrogens is 304 g/mol. The molecule has 2 N–H and O–H groups in total. The molecule has 1 aliphatic carbocycles. The predicted octanol–water partition coefficient (Wildman–Crippen LogP) is 3.70. The highest BCUT2D eigenvalue weighted by Gasteiger charge is 2.19. The van der Waals surface area contributed by atoms with E-state index in [1.807, 2.05) is 31.2 Å². The first kappa shape index (κ1) is 14.4. The number of para-hydroxylation sites is 1. The molecule has 1 unspecified atom stereocenters. The number of benzene rings is 1. The van der Waals surface area contributed by atoms with Crippen LogP contribution in [0.5, 0.6) is 0 Å². The van der Waals surface area contributed by atoms with E-state index in [-0.39, 0.29) is 11.9 Å². The van der Waals surface area contributed by atoms with Crippen molar-refractivity contribution in [2.24, 2.45) is 0 Å². The van der Waals surface area contributed by atoms with Crippen LogP contribution in [0.4, 0.5) is 5.69 Å². The molecule has 0 aromatic heterocycles. The zero-order chi connectivity index (χ0) is 13.7. The lowest BCUT2D eigenvalue weighted by molar-refractivity contribution is -0.122. The first-order chi connectivity index (χ1) is 9.16. The van der Waals surface area contributed by atoms with Crippen molar-refractivity contribution >= 4 is 27.5 Å². The number of rotatable bonds is 4. The first-order valence-electron chi connectivity index (χ1n) is 6.98. The molecule has 0 saturated heterocycles. The number of hydrogen-bond acceptors (Lipinski definition) is 2. The highest BCUT2D eigenvalue weighted by molar-refractivity contribution is 9.10. The molecule has 1 amide bonds. The Balaban J connectivity index is 1.87. The zero-order valence-electron chi connectivity index (χ0n) is 11.3. The summed E-state index contributed by atoms with van der Waals surface area (Å²) < 4.78 is 0.979. The van der Waals surface area contributed by atoms with Gasteiger partial charge >= 0.3 is 0 Å². The lowest BCUT2D eigenvalue weighted by Gasteiger charge is -2.25. The SMILES string of the molecule is CC(Nc1ccccc1Br)C(=O)NC1CCCCC1. The second kappa shape index (κ2) is 6.94. The molecular formula is C15H21BrN2O. The quantitative estimate of drug-likeness (QED) is 0.886. The molecule has 1 fully saturated rings. The summed E-state index contributed by atoms with van der Waals surface area (Å²) in [4.78, 5) is 12.1. The molecule has 0 spiro atoms. The molecule has 1 atom stereocenters. The Morgan fingerprint density at radius 2 is 1.95 bits per heavy atom. The third-order valence-electron chi connectivity index (χ3n) is 3.59. The monoisotopic (exact) mass is 324 g/mol. The van der Waals surface area contributed by atoms with Crippen molar-refractivity contribution in [3.05, 3.63) is 28.7 Å². The summed E-state index contributed by atoms with van der Waals surface area (Å²) in [5.74, 6) is 0.0858. The van der Waals surface area contributed by atoms with Gasteiger partial charge < -0.3 is 10.6 Å². The van der Waals surface area contributed by atoms with Crippen molar-refractivity contribution in [1.82, 2.24) is 5.32 Å². The fourth-order valence-electron chi connectivity index (χ4n) is 2.45. The number of amides is 1. The lowest BCUT2D eigenvalue weighted by Crippen LogP contribution is -2.44. The molecule has 1 saturated carbocycles. The van der Waals surface area contributed by atoms with E-state index in [2.05, 4.69) is 26.6 Å². The van der Waals surface area contributed by atoms with Crippen molar-refractivity contribution < 1.29 is 4.79 Å². The number of halogens is 1. The van der Waals surface area contributed by atoms with E-state index >= 15 is 0 Å². The third-order valence-corrected chi connectivity index (χ3v) is 4.28. The van der Waals surface area contributed by atoms with E-state index in [0.717, 1.165) is 23.0 Å². The summed E-state index contributed by atoms with van der Waals surface area (Å²) in [6.45, 7) is 1.90. The molecule has 0 heterocycles. The summed E-state index contributed by atoms with van der Waals surface area (Å²) in [6.07, 6.45) is 6.01. The molecule has 19 heavy (non-hydrogen) atoms. The van der Waals surface area contributed by atoms with Crippen LogP contribution in [-0.4, -0.2) is 18.0 Å². The largest absolute Gasteiger partial charge is 0.373 e. The van der Waals surface area contributed by atoms with Gasteiger partial charge in [-0.1, -0.05) is 31.4 Å². The molecule has 0 radical (unpaired) electrons. The van der Waals surface area contributed by atoms with Gasteiger partial charge in [0.2, 0.25) is 5.91 Å². The van der Waals surface area contributed by atoms with Crippen molar-refractivity contribution in [1.29, 1.82) is 0 Å². The van der Waals surface area contributed by atoms with Crippen molar-refractivity contribution in [3.63, 3.8) is 0 Å². The summed E-state index contributed by atoms with van der Waals surface area (Å²) in [7, 11) is 0. The Morgan fingerprint density at radius 1 is 1.26 bits per heavy atom. The fourth-order valence-corrected chi connectivity index (χ4v) is 2.85. The van der Waals surface area contributed by atoms with Gasteiger partial charge in [0.15, 0.2) is 0 Å². The van der Waals surface area contributed by atoms with Crippen molar-refractivity contribution in [2.75, 3.05) is 5.32 Å². The molecule has 3 nitrogen and oxygen atoms in total. The van der Waals surface area contributed by atoms with Crippen LogP contribution >= 0.6 is 15.9 Å². The van der Waals surface area contributed by atoms with Gasteiger partial charge in [0.25, 0.3) is 0 Å². The molecule has 1 aliphatic rings. The molecule has 2 rings (SSSR count). The second-order valence-corrected chi connectivity index (χ2v) is 6.04. The second-order valence-electron chi connectivity index (χ2n) is 5.19. The molecule has 0 aliphatic heterocycles. The van der Waals surface area contributed by atoms with Gasteiger partial charge in [-0.25, -0.2) is 0 Å². The number of carbonyl (C=O) groups excluding carboxylic acids is 1. The van der Waals surface area contributed by atoms with Crippen LogP contribution < -0.4 is 10.6 Å². The number of anilines is 1. The minimum atomic E-state index is -0.222. The maximum Gasteiger partial charge on any atom is 0.242 e. The number of nitrogens with one attached hydrogen (secondary N) is 2. The van der Waals surface area contributed by atoms with E-state index in [0.29, 0.717) is 6.04 Å². The number of hydrogen-bond donors (Lipinski definition) is 2. The minimum absolute atomic E-state index is 0.0858. The van der Waals surface area contributed by atoms with Gasteiger partial charge in [0.05, 0.1) is 0 Å². The average molecular weight is 325 g/mol. The van der Waals surface area contributed by atoms with Crippen LogP contribution in [0.25, 0.3) is 0 Å². The number of carbonyl (C=O) groups is 1. The van der Waals surface area contributed by atoms with Crippen LogP contribution in [0.1, 0.15) is 39.0 Å². The third kappa shape index (κ3) is 4.23. The highest BCUT2D eigenvalue weighted by atomic mass is 79.9. The van der Waals surface area contributed by atoms with Gasteiger partial charge in [0.1, 0.15) is 6.04 Å². The summed E-state index contributed by atoms with van der Waals surface area (Å²) in [5, 5.41) is 6.38. The topological polar surface area (TPSA) is 41.1 Å².